The summed E-state index contributed by atoms with van der Waals surface area (Å²) in [6.45, 7) is 1.97. The van der Waals surface area contributed by atoms with Crippen LogP contribution in [0.25, 0.3) is 0 Å². The first-order valence-corrected chi connectivity index (χ1v) is 6.64. The van der Waals surface area contributed by atoms with Gasteiger partial charge in [0.05, 0.1) is 0 Å². The van der Waals surface area contributed by atoms with E-state index in [2.05, 4.69) is 5.32 Å². The van der Waals surface area contributed by atoms with Crippen LogP contribution in [0.5, 0.6) is 0 Å². The standard InChI is InChI=1S/C15H18F2N2O2/c1-2-3-4-5-14(20)19-13(15(18)21)9-10-6-7-11(16)12(17)8-10/h4-8,13H,2-3,9H2,1H3,(H2,18,21)(H,19,20)/b5-4+/t13-/m0/s1. The quantitative estimate of drug-likeness (QED) is 0.754. The number of hydrogen-bond donors (Lipinski definition) is 2. The van der Waals surface area contributed by atoms with E-state index in [0.29, 0.717) is 5.56 Å². The van der Waals surface area contributed by atoms with Gasteiger partial charge in [-0.2, -0.15) is 0 Å². The molecule has 1 aromatic rings. The van der Waals surface area contributed by atoms with Gasteiger partial charge in [-0.1, -0.05) is 25.5 Å². The molecule has 21 heavy (non-hydrogen) atoms. The number of nitrogens with two attached hydrogens (primary N) is 1. The maximum absolute atomic E-state index is 13.1. The molecule has 1 aromatic carbocycles. The van der Waals surface area contributed by atoms with Crippen LogP contribution >= 0.6 is 0 Å². The zero-order valence-corrected chi connectivity index (χ0v) is 11.7. The van der Waals surface area contributed by atoms with Gasteiger partial charge >= 0.3 is 0 Å². The van der Waals surface area contributed by atoms with Gasteiger partial charge in [0.1, 0.15) is 6.04 Å². The number of rotatable bonds is 7. The molecule has 0 saturated carbocycles. The largest absolute Gasteiger partial charge is 0.368 e. The van der Waals surface area contributed by atoms with Crippen molar-refractivity contribution < 1.29 is 18.4 Å². The first kappa shape index (κ1) is 16.8. The van der Waals surface area contributed by atoms with Gasteiger partial charge in [0.15, 0.2) is 11.6 Å². The number of unbranched alkanes of at least 4 members (excludes halogenated alkanes) is 1. The molecule has 0 unspecified atom stereocenters. The average Bonchev–Trinajstić information content (AvgIpc) is 2.42. The average molecular weight is 296 g/mol. The summed E-state index contributed by atoms with van der Waals surface area (Å²) in [4.78, 5) is 22.9. The van der Waals surface area contributed by atoms with Crippen molar-refractivity contribution in [1.29, 1.82) is 0 Å². The van der Waals surface area contributed by atoms with Gasteiger partial charge < -0.3 is 11.1 Å². The van der Waals surface area contributed by atoms with Gasteiger partial charge in [-0.25, -0.2) is 8.78 Å². The van der Waals surface area contributed by atoms with Crippen molar-refractivity contribution in [2.45, 2.75) is 32.2 Å². The predicted octanol–water partition coefficient (Wildman–Crippen LogP) is 1.83. The van der Waals surface area contributed by atoms with E-state index in [9.17, 15) is 18.4 Å². The molecule has 114 valence electrons. The van der Waals surface area contributed by atoms with Crippen molar-refractivity contribution in [3.05, 3.63) is 47.5 Å². The molecular formula is C15H18F2N2O2. The molecule has 0 aromatic heterocycles. The Balaban J connectivity index is 2.71. The number of nitrogens with one attached hydrogen (secondary N) is 1. The number of allylic oxidation sites excluding steroid dienone is 1. The second kappa shape index (κ2) is 8.14. The zero-order chi connectivity index (χ0) is 15.8. The highest BCUT2D eigenvalue weighted by molar-refractivity contribution is 5.92. The Morgan fingerprint density at radius 3 is 2.62 bits per heavy atom. The fraction of sp³-hybridized carbons (Fsp3) is 0.333. The Morgan fingerprint density at radius 1 is 1.33 bits per heavy atom. The Labute approximate surface area is 122 Å². The summed E-state index contributed by atoms with van der Waals surface area (Å²) in [6, 6.07) is 2.30. The minimum absolute atomic E-state index is 0.000108. The van der Waals surface area contributed by atoms with E-state index in [1.165, 1.54) is 12.1 Å². The summed E-state index contributed by atoms with van der Waals surface area (Å²) >= 11 is 0. The predicted molar refractivity (Wildman–Crippen MR) is 75.2 cm³/mol. The molecule has 0 aliphatic rings. The molecule has 0 fully saturated rings. The molecule has 0 heterocycles. The Bertz CT molecular complexity index is 544. The number of carbonyl (C=O) groups excluding carboxylic acids is 2. The van der Waals surface area contributed by atoms with Crippen LogP contribution in [0.4, 0.5) is 8.78 Å². The second-order valence-corrected chi connectivity index (χ2v) is 4.61. The molecule has 1 rings (SSSR count). The monoisotopic (exact) mass is 296 g/mol. The summed E-state index contributed by atoms with van der Waals surface area (Å²) in [5.74, 6) is -3.17. The van der Waals surface area contributed by atoms with E-state index in [-0.39, 0.29) is 6.42 Å². The number of carbonyl (C=O) groups is 2. The van der Waals surface area contributed by atoms with Crippen LogP contribution in [0.15, 0.2) is 30.4 Å². The van der Waals surface area contributed by atoms with Gasteiger partial charge in [-0.15, -0.1) is 0 Å². The van der Waals surface area contributed by atoms with Crippen LogP contribution in [0.3, 0.4) is 0 Å². The molecule has 1 atom stereocenters. The van der Waals surface area contributed by atoms with Crippen molar-refractivity contribution in [2.24, 2.45) is 5.73 Å². The second-order valence-electron chi connectivity index (χ2n) is 4.61. The third-order valence-corrected chi connectivity index (χ3v) is 2.81. The normalized spacial score (nSPS) is 12.3. The zero-order valence-electron chi connectivity index (χ0n) is 11.7. The molecule has 0 aliphatic heterocycles. The highest BCUT2D eigenvalue weighted by atomic mass is 19.2. The molecule has 0 bridgehead atoms. The summed E-state index contributed by atoms with van der Waals surface area (Å²) < 4.78 is 25.9. The van der Waals surface area contributed by atoms with Gasteiger partial charge in [0, 0.05) is 6.42 Å². The number of hydrogen-bond acceptors (Lipinski definition) is 2. The maximum atomic E-state index is 13.1. The highest BCUT2D eigenvalue weighted by Crippen LogP contribution is 2.10. The lowest BCUT2D eigenvalue weighted by Crippen LogP contribution is -2.45. The van der Waals surface area contributed by atoms with Crippen LogP contribution in [-0.2, 0) is 16.0 Å². The smallest absolute Gasteiger partial charge is 0.244 e. The fourth-order valence-electron chi connectivity index (χ4n) is 1.70. The van der Waals surface area contributed by atoms with Gasteiger partial charge in [-0.3, -0.25) is 9.59 Å². The van der Waals surface area contributed by atoms with Crippen molar-refractivity contribution in [3.8, 4) is 0 Å². The third-order valence-electron chi connectivity index (χ3n) is 2.81. The Morgan fingerprint density at radius 2 is 2.05 bits per heavy atom. The highest BCUT2D eigenvalue weighted by Gasteiger charge is 2.18. The Kier molecular flexibility index (Phi) is 6.52. The molecule has 4 nitrogen and oxygen atoms in total. The molecule has 0 radical (unpaired) electrons. The van der Waals surface area contributed by atoms with E-state index in [1.54, 1.807) is 6.08 Å². The lowest BCUT2D eigenvalue weighted by Gasteiger charge is -2.14. The molecule has 2 amide bonds. The minimum atomic E-state index is -1.01. The first-order chi connectivity index (χ1) is 9.93. The maximum Gasteiger partial charge on any atom is 0.244 e. The van der Waals surface area contributed by atoms with Gasteiger partial charge in [0.25, 0.3) is 0 Å². The lowest BCUT2D eigenvalue weighted by atomic mass is 10.0. The van der Waals surface area contributed by atoms with Crippen LogP contribution in [0.2, 0.25) is 0 Å². The third kappa shape index (κ3) is 5.72. The summed E-state index contributed by atoms with van der Waals surface area (Å²) in [5, 5.41) is 2.44. The van der Waals surface area contributed by atoms with E-state index >= 15 is 0 Å². The van der Waals surface area contributed by atoms with Gasteiger partial charge in [0.2, 0.25) is 11.8 Å². The van der Waals surface area contributed by atoms with Gasteiger partial charge in [-0.05, 0) is 30.2 Å². The van der Waals surface area contributed by atoms with Crippen LogP contribution in [0, 0.1) is 11.6 Å². The first-order valence-electron chi connectivity index (χ1n) is 6.64. The summed E-state index contributed by atoms with van der Waals surface area (Å²) in [5.41, 5.74) is 5.58. The number of primary amides is 1. The lowest BCUT2D eigenvalue weighted by molar-refractivity contribution is -0.124. The summed E-state index contributed by atoms with van der Waals surface area (Å²) in [6.07, 6.45) is 4.66. The van der Waals surface area contributed by atoms with E-state index < -0.39 is 29.5 Å². The van der Waals surface area contributed by atoms with Crippen molar-refractivity contribution in [1.82, 2.24) is 5.32 Å². The number of halogens is 2. The molecule has 6 heteroatoms. The van der Waals surface area contributed by atoms with E-state index in [4.69, 9.17) is 5.73 Å². The molecule has 0 aliphatic carbocycles. The van der Waals surface area contributed by atoms with Crippen molar-refractivity contribution in [3.63, 3.8) is 0 Å². The van der Waals surface area contributed by atoms with Crippen LogP contribution in [0.1, 0.15) is 25.3 Å². The molecule has 0 saturated heterocycles. The molecular weight excluding hydrogens is 278 g/mol. The van der Waals surface area contributed by atoms with Crippen molar-refractivity contribution >= 4 is 11.8 Å². The van der Waals surface area contributed by atoms with Crippen LogP contribution < -0.4 is 11.1 Å². The van der Waals surface area contributed by atoms with Crippen molar-refractivity contribution in [2.75, 3.05) is 0 Å². The number of amides is 2. The molecule has 3 N–H and O–H groups in total. The van der Waals surface area contributed by atoms with E-state index in [0.717, 1.165) is 25.0 Å². The summed E-state index contributed by atoms with van der Waals surface area (Å²) in [7, 11) is 0. The van der Waals surface area contributed by atoms with Crippen LogP contribution in [-0.4, -0.2) is 17.9 Å². The van der Waals surface area contributed by atoms with E-state index in [1.807, 2.05) is 6.92 Å². The topological polar surface area (TPSA) is 72.2 Å². The SMILES string of the molecule is CCC/C=C/C(=O)N[C@@H](Cc1ccc(F)c(F)c1)C(N)=O. The minimum Gasteiger partial charge on any atom is -0.368 e. The molecule has 0 spiro atoms. The number of benzene rings is 1. The Hall–Kier alpha value is -2.24. The fourth-order valence-corrected chi connectivity index (χ4v) is 1.70.